The molecule has 4 heteroatoms. The molecule has 3 nitrogen and oxygen atoms in total. The van der Waals surface area contributed by atoms with Crippen molar-refractivity contribution < 1.29 is 14.3 Å². The van der Waals surface area contributed by atoms with Crippen molar-refractivity contribution in [1.82, 2.24) is 5.32 Å². The van der Waals surface area contributed by atoms with E-state index in [0.717, 1.165) is 0 Å². The van der Waals surface area contributed by atoms with E-state index in [0.29, 0.717) is 5.56 Å². The molecule has 0 aliphatic heterocycles. The molecular formula is C13H16FNO2. The highest BCUT2D eigenvalue weighted by molar-refractivity contribution is 5.92. The third-order valence-electron chi connectivity index (χ3n) is 2.13. The summed E-state index contributed by atoms with van der Waals surface area (Å²) in [5.41, 5.74) is -0.0504. The van der Waals surface area contributed by atoms with E-state index in [-0.39, 0.29) is 18.3 Å². The van der Waals surface area contributed by atoms with Crippen LogP contribution in [0.25, 0.3) is 6.08 Å². The molecule has 0 saturated carbocycles. The minimum atomic E-state index is -0.663. The Balaban J connectivity index is 2.63. The number of hydrogen-bond acceptors (Lipinski definition) is 2. The van der Waals surface area contributed by atoms with Gasteiger partial charge in [-0.15, -0.1) is 0 Å². The molecule has 0 atom stereocenters. The lowest BCUT2D eigenvalue weighted by Gasteiger charge is -2.22. The van der Waals surface area contributed by atoms with Gasteiger partial charge >= 0.3 is 0 Å². The number of carbonyl (C=O) groups excluding carboxylic acids is 1. The molecule has 0 saturated heterocycles. The molecule has 0 aliphatic rings. The Morgan fingerprint density at radius 1 is 1.53 bits per heavy atom. The molecule has 0 heterocycles. The number of aliphatic hydroxyl groups is 1. The first-order valence-electron chi connectivity index (χ1n) is 5.29. The SMILES string of the molecule is CC(C)(CO)NC(=O)/C=C/c1cccc(F)c1. The highest BCUT2D eigenvalue weighted by atomic mass is 19.1. The number of rotatable bonds is 4. The summed E-state index contributed by atoms with van der Waals surface area (Å²) in [6.07, 6.45) is 2.83. The Bertz CT molecular complexity index is 427. The summed E-state index contributed by atoms with van der Waals surface area (Å²) in [7, 11) is 0. The number of carbonyl (C=O) groups is 1. The molecule has 0 bridgehead atoms. The molecule has 0 unspecified atom stereocenters. The van der Waals surface area contributed by atoms with Crippen LogP contribution in [0.3, 0.4) is 0 Å². The van der Waals surface area contributed by atoms with Crippen LogP contribution in [0.15, 0.2) is 30.3 Å². The zero-order chi connectivity index (χ0) is 12.9. The molecule has 1 rings (SSSR count). The summed E-state index contributed by atoms with van der Waals surface area (Å²) < 4.78 is 12.8. The van der Waals surface area contributed by atoms with Gasteiger partial charge in [0.1, 0.15) is 5.82 Å². The molecule has 1 amide bonds. The highest BCUT2D eigenvalue weighted by Crippen LogP contribution is 2.06. The average Bonchev–Trinajstić information content (AvgIpc) is 2.26. The van der Waals surface area contributed by atoms with E-state index in [1.165, 1.54) is 24.3 Å². The van der Waals surface area contributed by atoms with Crippen LogP contribution in [-0.2, 0) is 4.79 Å². The van der Waals surface area contributed by atoms with Crippen LogP contribution in [0.4, 0.5) is 4.39 Å². The Morgan fingerprint density at radius 2 is 2.24 bits per heavy atom. The predicted molar refractivity (Wildman–Crippen MR) is 64.7 cm³/mol. The number of halogens is 1. The van der Waals surface area contributed by atoms with Crippen LogP contribution in [0.1, 0.15) is 19.4 Å². The number of aliphatic hydroxyl groups excluding tert-OH is 1. The molecule has 0 radical (unpaired) electrons. The topological polar surface area (TPSA) is 49.3 Å². The summed E-state index contributed by atoms with van der Waals surface area (Å²) in [5, 5.41) is 11.6. The molecule has 0 fully saturated rings. The first kappa shape index (κ1) is 13.4. The lowest BCUT2D eigenvalue weighted by atomic mass is 10.1. The Kier molecular flexibility index (Phi) is 4.40. The summed E-state index contributed by atoms with van der Waals surface area (Å²) >= 11 is 0. The van der Waals surface area contributed by atoms with E-state index >= 15 is 0 Å². The fraction of sp³-hybridized carbons (Fsp3) is 0.308. The minimum Gasteiger partial charge on any atom is -0.394 e. The fourth-order valence-electron chi connectivity index (χ4n) is 1.20. The van der Waals surface area contributed by atoms with Crippen LogP contribution in [0.2, 0.25) is 0 Å². The van der Waals surface area contributed by atoms with Crippen molar-refractivity contribution in [3.63, 3.8) is 0 Å². The molecule has 0 aliphatic carbocycles. The van der Waals surface area contributed by atoms with Crippen LogP contribution < -0.4 is 5.32 Å². The van der Waals surface area contributed by atoms with Crippen molar-refractivity contribution in [2.45, 2.75) is 19.4 Å². The first-order chi connectivity index (χ1) is 7.93. The van der Waals surface area contributed by atoms with E-state index in [1.807, 2.05) is 0 Å². The van der Waals surface area contributed by atoms with Crippen molar-refractivity contribution in [2.24, 2.45) is 0 Å². The zero-order valence-electron chi connectivity index (χ0n) is 9.90. The lowest BCUT2D eigenvalue weighted by molar-refractivity contribution is -0.118. The van der Waals surface area contributed by atoms with Gasteiger partial charge in [-0.2, -0.15) is 0 Å². The van der Waals surface area contributed by atoms with Gasteiger partial charge in [-0.1, -0.05) is 12.1 Å². The molecule has 92 valence electrons. The molecular weight excluding hydrogens is 221 g/mol. The van der Waals surface area contributed by atoms with E-state index < -0.39 is 5.54 Å². The Morgan fingerprint density at radius 3 is 2.82 bits per heavy atom. The second-order valence-electron chi connectivity index (χ2n) is 4.42. The van der Waals surface area contributed by atoms with Gasteiger partial charge in [0.2, 0.25) is 5.91 Å². The fourth-order valence-corrected chi connectivity index (χ4v) is 1.20. The van der Waals surface area contributed by atoms with Crippen molar-refractivity contribution in [3.05, 3.63) is 41.7 Å². The minimum absolute atomic E-state index is 0.146. The quantitative estimate of drug-likeness (QED) is 0.783. The maximum Gasteiger partial charge on any atom is 0.244 e. The molecule has 1 aromatic rings. The van der Waals surface area contributed by atoms with Crippen LogP contribution >= 0.6 is 0 Å². The van der Waals surface area contributed by atoms with Crippen molar-refractivity contribution in [2.75, 3.05) is 6.61 Å². The standard InChI is InChI=1S/C13H16FNO2/c1-13(2,9-16)15-12(17)7-6-10-4-3-5-11(14)8-10/h3-8,16H,9H2,1-2H3,(H,15,17)/b7-6+. The summed E-state index contributed by atoms with van der Waals surface area (Å²) in [5.74, 6) is -0.670. The lowest BCUT2D eigenvalue weighted by Crippen LogP contribution is -2.45. The van der Waals surface area contributed by atoms with Crippen LogP contribution in [0.5, 0.6) is 0 Å². The van der Waals surface area contributed by atoms with Gasteiger partial charge in [0.25, 0.3) is 0 Å². The molecule has 1 aromatic carbocycles. The Labute approximate surface area is 100.0 Å². The number of nitrogens with one attached hydrogen (secondary N) is 1. The molecule has 0 aromatic heterocycles. The van der Waals surface area contributed by atoms with Gasteiger partial charge in [0.15, 0.2) is 0 Å². The van der Waals surface area contributed by atoms with Crippen LogP contribution in [-0.4, -0.2) is 23.2 Å². The summed E-state index contributed by atoms with van der Waals surface area (Å²) in [6.45, 7) is 3.27. The molecule has 2 N–H and O–H groups in total. The number of hydrogen-bond donors (Lipinski definition) is 2. The van der Waals surface area contributed by atoms with Crippen molar-refractivity contribution in [1.29, 1.82) is 0 Å². The Hall–Kier alpha value is -1.68. The van der Waals surface area contributed by atoms with E-state index in [2.05, 4.69) is 5.32 Å². The number of amides is 1. The van der Waals surface area contributed by atoms with Gasteiger partial charge in [-0.3, -0.25) is 4.79 Å². The van der Waals surface area contributed by atoms with Gasteiger partial charge < -0.3 is 10.4 Å². The van der Waals surface area contributed by atoms with Crippen LogP contribution in [0, 0.1) is 5.82 Å². The maximum absolute atomic E-state index is 12.8. The zero-order valence-corrected chi connectivity index (χ0v) is 9.90. The maximum atomic E-state index is 12.8. The summed E-state index contributed by atoms with van der Waals surface area (Å²) in [4.78, 5) is 11.5. The van der Waals surface area contributed by atoms with E-state index in [4.69, 9.17) is 5.11 Å². The van der Waals surface area contributed by atoms with Gasteiger partial charge in [-0.25, -0.2) is 4.39 Å². The smallest absolute Gasteiger partial charge is 0.244 e. The average molecular weight is 237 g/mol. The highest BCUT2D eigenvalue weighted by Gasteiger charge is 2.17. The van der Waals surface area contributed by atoms with Crippen molar-refractivity contribution >= 4 is 12.0 Å². The predicted octanol–water partition coefficient (Wildman–Crippen LogP) is 1.73. The monoisotopic (exact) mass is 237 g/mol. The van der Waals surface area contributed by atoms with Gasteiger partial charge in [-0.05, 0) is 37.6 Å². The second kappa shape index (κ2) is 5.59. The third-order valence-corrected chi connectivity index (χ3v) is 2.13. The third kappa shape index (κ3) is 4.78. The van der Waals surface area contributed by atoms with E-state index in [1.54, 1.807) is 26.0 Å². The van der Waals surface area contributed by atoms with Gasteiger partial charge in [0.05, 0.1) is 12.1 Å². The molecule has 0 spiro atoms. The first-order valence-corrected chi connectivity index (χ1v) is 5.29. The van der Waals surface area contributed by atoms with E-state index in [9.17, 15) is 9.18 Å². The normalized spacial score (nSPS) is 11.8. The van der Waals surface area contributed by atoms with Gasteiger partial charge in [0, 0.05) is 6.08 Å². The summed E-state index contributed by atoms with van der Waals surface area (Å²) in [6, 6.07) is 5.95. The van der Waals surface area contributed by atoms with Crippen molar-refractivity contribution in [3.8, 4) is 0 Å². The largest absolute Gasteiger partial charge is 0.394 e. The molecule has 17 heavy (non-hydrogen) atoms. The second-order valence-corrected chi connectivity index (χ2v) is 4.42. The number of benzene rings is 1.